The van der Waals surface area contributed by atoms with E-state index < -0.39 is 5.91 Å². The molecule has 0 spiro atoms. The van der Waals surface area contributed by atoms with Gasteiger partial charge < -0.3 is 5.73 Å². The number of nitriles is 1. The van der Waals surface area contributed by atoms with Crippen LogP contribution >= 0.6 is 12.6 Å². The zero-order valence-corrected chi connectivity index (χ0v) is 4.85. The number of hydrogen-bond donors (Lipinski definition) is 2. The van der Waals surface area contributed by atoms with Crippen molar-refractivity contribution in [2.24, 2.45) is 5.73 Å². The molecule has 1 amide bonds. The van der Waals surface area contributed by atoms with Crippen LogP contribution in [0.15, 0.2) is 11.0 Å². The summed E-state index contributed by atoms with van der Waals surface area (Å²) in [5.74, 6) is -0.748. The Hall–Kier alpha value is -0.950. The number of carbonyl (C=O) groups is 1. The fourth-order valence-electron chi connectivity index (χ4n) is 0.148. The molecule has 0 unspecified atom stereocenters. The first-order chi connectivity index (χ1) is 3.72. The minimum Gasteiger partial charge on any atom is -0.365 e. The average molecular weight is 128 g/mol. The highest BCUT2D eigenvalue weighted by Gasteiger charge is 1.98. The third kappa shape index (κ3) is 1.67. The number of amides is 1. The number of hydrogen-bond acceptors (Lipinski definition) is 3. The fourth-order valence-corrected chi connectivity index (χ4v) is 0.333. The molecule has 0 saturated carbocycles. The Kier molecular flexibility index (Phi) is 2.74. The van der Waals surface area contributed by atoms with Crippen molar-refractivity contribution in [2.75, 3.05) is 0 Å². The molecule has 0 fully saturated rings. The Morgan fingerprint density at radius 2 is 2.38 bits per heavy atom. The third-order valence-electron chi connectivity index (χ3n) is 0.515. The van der Waals surface area contributed by atoms with Crippen LogP contribution in [0.4, 0.5) is 0 Å². The van der Waals surface area contributed by atoms with E-state index >= 15 is 0 Å². The summed E-state index contributed by atoms with van der Waals surface area (Å²) in [5.41, 5.74) is 4.55. The van der Waals surface area contributed by atoms with Gasteiger partial charge in [-0.3, -0.25) is 4.79 Å². The predicted molar refractivity (Wildman–Crippen MR) is 31.9 cm³/mol. The van der Waals surface area contributed by atoms with E-state index in [0.29, 0.717) is 0 Å². The van der Waals surface area contributed by atoms with Gasteiger partial charge in [0.1, 0.15) is 11.6 Å². The number of thiol groups is 1. The first-order valence-corrected chi connectivity index (χ1v) is 2.28. The zero-order valence-electron chi connectivity index (χ0n) is 3.96. The quantitative estimate of drug-likeness (QED) is 0.292. The van der Waals surface area contributed by atoms with Gasteiger partial charge >= 0.3 is 0 Å². The Balaban J connectivity index is 4.20. The van der Waals surface area contributed by atoms with Crippen molar-refractivity contribution in [1.29, 1.82) is 5.26 Å². The Labute approximate surface area is 52.2 Å². The molecule has 0 rings (SSSR count). The smallest absolute Gasteiger partial charge is 0.259 e. The summed E-state index contributed by atoms with van der Waals surface area (Å²) in [6.45, 7) is 0. The topological polar surface area (TPSA) is 66.9 Å². The van der Waals surface area contributed by atoms with Gasteiger partial charge in [0.05, 0.1) is 0 Å². The molecule has 0 saturated heterocycles. The zero-order chi connectivity index (χ0) is 6.57. The van der Waals surface area contributed by atoms with E-state index in [1.807, 2.05) is 0 Å². The first-order valence-electron chi connectivity index (χ1n) is 1.76. The van der Waals surface area contributed by atoms with Crippen LogP contribution in [0.2, 0.25) is 0 Å². The van der Waals surface area contributed by atoms with E-state index in [4.69, 9.17) is 5.26 Å². The summed E-state index contributed by atoms with van der Waals surface area (Å²) in [5, 5.41) is 9.10. The van der Waals surface area contributed by atoms with Crippen molar-refractivity contribution in [3.05, 3.63) is 11.0 Å². The van der Waals surface area contributed by atoms with E-state index in [-0.39, 0.29) is 5.57 Å². The lowest BCUT2D eigenvalue weighted by Gasteiger charge is -1.81. The van der Waals surface area contributed by atoms with Gasteiger partial charge in [-0.05, 0) is 5.41 Å². The van der Waals surface area contributed by atoms with Crippen LogP contribution < -0.4 is 5.73 Å². The summed E-state index contributed by atoms with van der Waals surface area (Å²) in [6, 6.07) is 1.56. The maximum Gasteiger partial charge on any atom is 0.259 e. The summed E-state index contributed by atoms with van der Waals surface area (Å²) in [4.78, 5) is 10.0. The van der Waals surface area contributed by atoms with Gasteiger partial charge in [0.15, 0.2) is 0 Å². The number of carbonyl (C=O) groups excluding carboxylic acids is 1. The Morgan fingerprint density at radius 1 is 1.88 bits per heavy atom. The second-order valence-corrected chi connectivity index (χ2v) is 1.28. The summed E-state index contributed by atoms with van der Waals surface area (Å²) >= 11 is 3.55. The molecular weight excluding hydrogens is 124 g/mol. The molecule has 0 aliphatic rings. The van der Waals surface area contributed by atoms with Gasteiger partial charge in [-0.1, -0.05) is 0 Å². The lowest BCUT2D eigenvalue weighted by Crippen LogP contribution is -2.11. The van der Waals surface area contributed by atoms with Crippen molar-refractivity contribution < 1.29 is 4.79 Å². The average Bonchev–Trinajstić information content (AvgIpc) is 1.69. The highest BCUT2D eigenvalue weighted by Crippen LogP contribution is 1.90. The highest BCUT2D eigenvalue weighted by atomic mass is 32.1. The second-order valence-electron chi connectivity index (χ2n) is 1.02. The normalized spacial score (nSPS) is 10.2. The van der Waals surface area contributed by atoms with Gasteiger partial charge in [-0.25, -0.2) is 0 Å². The van der Waals surface area contributed by atoms with E-state index in [1.165, 1.54) is 0 Å². The van der Waals surface area contributed by atoms with E-state index in [2.05, 4.69) is 18.4 Å². The van der Waals surface area contributed by atoms with Crippen LogP contribution in [0, 0.1) is 11.3 Å². The minimum atomic E-state index is -0.748. The standard InChI is InChI=1S/C4H4N2OS/c5-1-3(2-8)4(6)7/h2,8H,(H2,6,7). The maximum absolute atomic E-state index is 10.0. The molecule has 0 bridgehead atoms. The SMILES string of the molecule is N#CC(=CS)C(N)=O. The first kappa shape index (κ1) is 7.05. The molecule has 0 radical (unpaired) electrons. The minimum absolute atomic E-state index is 0.131. The lowest BCUT2D eigenvalue weighted by atomic mass is 10.3. The molecule has 3 nitrogen and oxygen atoms in total. The molecule has 0 aromatic carbocycles. The largest absolute Gasteiger partial charge is 0.365 e. The molecule has 2 N–H and O–H groups in total. The summed E-state index contributed by atoms with van der Waals surface area (Å²) in [7, 11) is 0. The lowest BCUT2D eigenvalue weighted by molar-refractivity contribution is -0.114. The fraction of sp³-hybridized carbons (Fsp3) is 0. The van der Waals surface area contributed by atoms with Crippen LogP contribution in [0.25, 0.3) is 0 Å². The Morgan fingerprint density at radius 3 is 2.38 bits per heavy atom. The van der Waals surface area contributed by atoms with E-state index in [1.54, 1.807) is 6.07 Å². The van der Waals surface area contributed by atoms with Crippen LogP contribution in [0.3, 0.4) is 0 Å². The molecule has 8 heavy (non-hydrogen) atoms. The van der Waals surface area contributed by atoms with E-state index in [0.717, 1.165) is 5.41 Å². The van der Waals surface area contributed by atoms with Crippen molar-refractivity contribution in [1.82, 2.24) is 0 Å². The van der Waals surface area contributed by atoms with Gasteiger partial charge in [0.2, 0.25) is 0 Å². The van der Waals surface area contributed by atoms with E-state index in [9.17, 15) is 4.79 Å². The van der Waals surface area contributed by atoms with Crippen LogP contribution in [-0.4, -0.2) is 5.91 Å². The molecule has 4 heteroatoms. The van der Waals surface area contributed by atoms with Crippen LogP contribution in [-0.2, 0) is 4.79 Å². The van der Waals surface area contributed by atoms with Gasteiger partial charge in [0.25, 0.3) is 5.91 Å². The van der Waals surface area contributed by atoms with Crippen LogP contribution in [0.1, 0.15) is 0 Å². The number of primary amides is 1. The van der Waals surface area contributed by atoms with Crippen molar-refractivity contribution in [3.8, 4) is 6.07 Å². The summed E-state index contributed by atoms with van der Waals surface area (Å²) in [6.07, 6.45) is 0. The van der Waals surface area contributed by atoms with Crippen molar-refractivity contribution in [2.45, 2.75) is 0 Å². The molecular formula is C4H4N2OS. The number of nitrogens with two attached hydrogens (primary N) is 1. The molecule has 0 aromatic heterocycles. The molecule has 0 aliphatic heterocycles. The summed E-state index contributed by atoms with van der Waals surface area (Å²) < 4.78 is 0. The monoisotopic (exact) mass is 128 g/mol. The van der Waals surface area contributed by atoms with Crippen molar-refractivity contribution in [3.63, 3.8) is 0 Å². The highest BCUT2D eigenvalue weighted by molar-refractivity contribution is 7.83. The number of nitrogens with zero attached hydrogens (tertiary/aromatic N) is 1. The van der Waals surface area contributed by atoms with Crippen LogP contribution in [0.5, 0.6) is 0 Å². The maximum atomic E-state index is 10.0. The molecule has 0 aromatic rings. The molecule has 0 atom stereocenters. The second kappa shape index (κ2) is 3.10. The van der Waals surface area contributed by atoms with Crippen molar-refractivity contribution >= 4 is 18.5 Å². The molecule has 0 heterocycles. The van der Waals surface area contributed by atoms with Gasteiger partial charge in [0, 0.05) is 0 Å². The predicted octanol–water partition coefficient (Wildman–Crippen LogP) is -0.191. The van der Waals surface area contributed by atoms with Gasteiger partial charge in [-0.15, -0.1) is 12.6 Å². The molecule has 0 aliphatic carbocycles. The Bertz CT molecular complexity index is 167. The molecule has 42 valence electrons. The third-order valence-corrected chi connectivity index (χ3v) is 0.773. The van der Waals surface area contributed by atoms with Gasteiger partial charge in [-0.2, -0.15) is 5.26 Å². The number of rotatable bonds is 1.